The largest absolute Gasteiger partial charge is 0.0753 e. The summed E-state index contributed by atoms with van der Waals surface area (Å²) in [7, 11) is 0. The van der Waals surface area contributed by atoms with E-state index in [9.17, 15) is 0 Å². The molecule has 8 aromatic rings. The number of rotatable bonds is 4. The zero-order valence-corrected chi connectivity index (χ0v) is 28.7. The maximum absolute atomic E-state index is 2.49. The molecule has 1 atom stereocenters. The highest BCUT2D eigenvalue weighted by Gasteiger charge is 2.34. The summed E-state index contributed by atoms with van der Waals surface area (Å²) in [6.07, 6.45) is 12.9. The first kappa shape index (κ1) is 29.3. The zero-order valence-electron chi connectivity index (χ0n) is 28.7. The van der Waals surface area contributed by atoms with Crippen molar-refractivity contribution in [2.45, 2.75) is 12.3 Å². The van der Waals surface area contributed by atoms with Crippen LogP contribution in [-0.4, -0.2) is 0 Å². The van der Waals surface area contributed by atoms with Crippen molar-refractivity contribution in [3.63, 3.8) is 0 Å². The predicted molar refractivity (Wildman–Crippen MR) is 221 cm³/mol. The van der Waals surface area contributed by atoms with Crippen LogP contribution in [0.15, 0.2) is 193 Å². The van der Waals surface area contributed by atoms with Crippen molar-refractivity contribution in [2.75, 3.05) is 0 Å². The predicted octanol–water partition coefficient (Wildman–Crippen LogP) is 13.8. The third-order valence-corrected chi connectivity index (χ3v) is 11.6. The van der Waals surface area contributed by atoms with Crippen LogP contribution in [-0.2, 0) is 6.42 Å². The highest BCUT2D eigenvalue weighted by Crippen LogP contribution is 2.52. The molecule has 11 rings (SSSR count). The molecule has 52 heavy (non-hydrogen) atoms. The summed E-state index contributed by atoms with van der Waals surface area (Å²) >= 11 is 0. The van der Waals surface area contributed by atoms with Gasteiger partial charge in [-0.1, -0.05) is 176 Å². The lowest BCUT2D eigenvalue weighted by Gasteiger charge is -2.36. The summed E-state index contributed by atoms with van der Waals surface area (Å²) in [5.74, 6) is 0.253. The van der Waals surface area contributed by atoms with Crippen molar-refractivity contribution in [1.82, 2.24) is 0 Å². The molecule has 0 heteroatoms. The van der Waals surface area contributed by atoms with Crippen LogP contribution >= 0.6 is 0 Å². The lowest BCUT2D eigenvalue weighted by molar-refractivity contribution is 0.899. The van der Waals surface area contributed by atoms with Crippen molar-refractivity contribution >= 4 is 44.0 Å². The van der Waals surface area contributed by atoms with Gasteiger partial charge in [-0.05, 0) is 123 Å². The van der Waals surface area contributed by atoms with E-state index >= 15 is 0 Å². The summed E-state index contributed by atoms with van der Waals surface area (Å²) in [5.41, 5.74) is 17.4. The monoisotopic (exact) mass is 658 g/mol. The molecule has 0 amide bonds. The van der Waals surface area contributed by atoms with Gasteiger partial charge < -0.3 is 0 Å². The van der Waals surface area contributed by atoms with Gasteiger partial charge >= 0.3 is 0 Å². The van der Waals surface area contributed by atoms with Crippen molar-refractivity contribution in [2.24, 2.45) is 0 Å². The van der Waals surface area contributed by atoms with E-state index in [1.165, 1.54) is 105 Å². The first-order valence-electron chi connectivity index (χ1n) is 18.3. The van der Waals surface area contributed by atoms with Crippen LogP contribution in [0.4, 0.5) is 0 Å². The van der Waals surface area contributed by atoms with Gasteiger partial charge in [-0.2, -0.15) is 0 Å². The summed E-state index contributed by atoms with van der Waals surface area (Å²) in [6.45, 7) is 0. The van der Waals surface area contributed by atoms with E-state index in [-0.39, 0.29) is 5.92 Å². The highest BCUT2D eigenvalue weighted by molar-refractivity contribution is 6.01. The minimum atomic E-state index is 0.253. The fourth-order valence-corrected chi connectivity index (χ4v) is 9.07. The van der Waals surface area contributed by atoms with Gasteiger partial charge in [0.2, 0.25) is 0 Å². The molecule has 8 aromatic carbocycles. The number of hydrogen-bond acceptors (Lipinski definition) is 0. The van der Waals surface area contributed by atoms with Crippen LogP contribution in [0.25, 0.3) is 77.3 Å². The molecule has 3 aliphatic carbocycles. The molecule has 0 saturated heterocycles. The molecule has 0 saturated carbocycles. The average molecular weight is 659 g/mol. The van der Waals surface area contributed by atoms with Crippen molar-refractivity contribution in [1.29, 1.82) is 0 Å². The molecule has 0 N–H and O–H groups in total. The van der Waals surface area contributed by atoms with E-state index in [1.54, 1.807) is 0 Å². The summed E-state index contributed by atoms with van der Waals surface area (Å²) in [6, 6.07) is 58.4. The number of fused-ring (bicyclic) bond motifs is 3. The summed E-state index contributed by atoms with van der Waals surface area (Å²) in [5, 5.41) is 7.67. The van der Waals surface area contributed by atoms with Crippen molar-refractivity contribution in [3.05, 3.63) is 215 Å². The minimum absolute atomic E-state index is 0.253. The quantitative estimate of drug-likeness (QED) is 0.177. The Morgan fingerprint density at radius 1 is 0.423 bits per heavy atom. The first-order chi connectivity index (χ1) is 25.8. The Kier molecular flexibility index (Phi) is 6.48. The third-order valence-electron chi connectivity index (χ3n) is 11.6. The molecule has 0 bridgehead atoms. The standard InChI is InChI=1S/C52H34/c1-3-11-43-33(7-1)9-5-13-45(43)35-15-17-36(18-16-35)47-27-23-37-26-30-50-48(28-24-38-25-29-49(47)51(37)52(38)50)42-22-20-39-31-41(21-19-40(39)32-42)46-14-6-10-34-8-2-4-12-44(34)46/h1-25,27-32,52H,26H2. The maximum atomic E-state index is 2.49. The summed E-state index contributed by atoms with van der Waals surface area (Å²) in [4.78, 5) is 0. The number of hydrogen-bond donors (Lipinski definition) is 0. The van der Waals surface area contributed by atoms with E-state index in [2.05, 4.69) is 188 Å². The van der Waals surface area contributed by atoms with Gasteiger partial charge in [0, 0.05) is 5.92 Å². The molecule has 0 fully saturated rings. The SMILES string of the molecule is C1=Cc2c(-c3ccc(-c4cccc5ccccc45)cc3)ccc3c2C2C1=CC=C(c1ccc4cc(-c5cccc6ccccc56)ccc4c1)C2=CC3. The minimum Gasteiger partial charge on any atom is -0.0753 e. The molecule has 242 valence electrons. The van der Waals surface area contributed by atoms with Gasteiger partial charge in [0.05, 0.1) is 0 Å². The first-order valence-corrected chi connectivity index (χ1v) is 18.3. The van der Waals surface area contributed by atoms with Gasteiger partial charge in [0.15, 0.2) is 0 Å². The van der Waals surface area contributed by atoms with Crippen LogP contribution in [0, 0.1) is 0 Å². The Balaban J connectivity index is 0.941. The van der Waals surface area contributed by atoms with Crippen LogP contribution < -0.4 is 0 Å². The zero-order chi connectivity index (χ0) is 34.2. The van der Waals surface area contributed by atoms with Crippen molar-refractivity contribution in [3.8, 4) is 33.4 Å². The normalized spacial score (nSPS) is 15.7. The van der Waals surface area contributed by atoms with Gasteiger partial charge in [0.1, 0.15) is 0 Å². The Labute approximate surface area is 304 Å². The third kappa shape index (κ3) is 4.54. The highest BCUT2D eigenvalue weighted by atomic mass is 14.4. The molecule has 0 heterocycles. The lowest BCUT2D eigenvalue weighted by atomic mass is 9.67. The molecule has 0 spiro atoms. The van der Waals surface area contributed by atoms with Gasteiger partial charge in [-0.15, -0.1) is 0 Å². The second-order valence-corrected chi connectivity index (χ2v) is 14.4. The van der Waals surface area contributed by atoms with Crippen LogP contribution in [0.2, 0.25) is 0 Å². The van der Waals surface area contributed by atoms with E-state index < -0.39 is 0 Å². The fourth-order valence-electron chi connectivity index (χ4n) is 9.07. The van der Waals surface area contributed by atoms with E-state index in [0.717, 1.165) is 6.42 Å². The van der Waals surface area contributed by atoms with E-state index in [0.29, 0.717) is 0 Å². The molecule has 3 aliphatic rings. The van der Waals surface area contributed by atoms with E-state index in [1.807, 2.05) is 0 Å². The fraction of sp³-hybridized carbons (Fsp3) is 0.0385. The molecule has 0 nitrogen and oxygen atoms in total. The lowest BCUT2D eigenvalue weighted by Crippen LogP contribution is -2.19. The second kappa shape index (κ2) is 11.5. The Hall–Kier alpha value is -6.50. The molecular weight excluding hydrogens is 625 g/mol. The van der Waals surface area contributed by atoms with Crippen LogP contribution in [0.5, 0.6) is 0 Å². The van der Waals surface area contributed by atoms with E-state index in [4.69, 9.17) is 0 Å². The summed E-state index contributed by atoms with van der Waals surface area (Å²) < 4.78 is 0. The van der Waals surface area contributed by atoms with Gasteiger partial charge in [-0.25, -0.2) is 0 Å². The number of allylic oxidation sites excluding steroid dienone is 7. The molecule has 0 radical (unpaired) electrons. The molecule has 0 aromatic heterocycles. The topological polar surface area (TPSA) is 0 Å². The Morgan fingerprint density at radius 3 is 1.75 bits per heavy atom. The molecular formula is C52H34. The smallest absolute Gasteiger partial charge is 0.0352 e. The van der Waals surface area contributed by atoms with Gasteiger partial charge in [-0.3, -0.25) is 0 Å². The Morgan fingerprint density at radius 2 is 1.02 bits per heavy atom. The second-order valence-electron chi connectivity index (χ2n) is 14.4. The molecule has 1 unspecified atom stereocenters. The van der Waals surface area contributed by atoms with Crippen LogP contribution in [0.1, 0.15) is 28.2 Å². The molecule has 0 aliphatic heterocycles. The van der Waals surface area contributed by atoms with Crippen LogP contribution in [0.3, 0.4) is 0 Å². The number of benzene rings is 8. The maximum Gasteiger partial charge on any atom is 0.0352 e. The van der Waals surface area contributed by atoms with Crippen molar-refractivity contribution < 1.29 is 0 Å². The average Bonchev–Trinajstić information content (AvgIpc) is 3.22. The Bertz CT molecular complexity index is 2900. The van der Waals surface area contributed by atoms with Gasteiger partial charge in [0.25, 0.3) is 0 Å².